The van der Waals surface area contributed by atoms with Gasteiger partial charge in [-0.25, -0.2) is 4.98 Å². The summed E-state index contributed by atoms with van der Waals surface area (Å²) >= 11 is 13.8. The lowest BCUT2D eigenvalue weighted by Crippen LogP contribution is -2.31. The van der Waals surface area contributed by atoms with Gasteiger partial charge in [-0.3, -0.25) is 14.5 Å². The first kappa shape index (κ1) is 23.7. The van der Waals surface area contributed by atoms with E-state index in [9.17, 15) is 14.7 Å². The highest BCUT2D eigenvalue weighted by molar-refractivity contribution is 7.22. The normalized spacial score (nSPS) is 15.9. The lowest BCUT2D eigenvalue weighted by atomic mass is 9.95. The van der Waals surface area contributed by atoms with Gasteiger partial charge in [0, 0.05) is 5.39 Å². The fourth-order valence-electron chi connectivity index (χ4n) is 4.72. The molecule has 184 valence electrons. The van der Waals surface area contributed by atoms with Crippen LogP contribution in [0.5, 0.6) is 0 Å². The average molecular weight is 549 g/mol. The van der Waals surface area contributed by atoms with Crippen LogP contribution in [0.3, 0.4) is 0 Å². The molecule has 0 saturated heterocycles. The van der Waals surface area contributed by atoms with Gasteiger partial charge in [0.25, 0.3) is 5.91 Å². The highest BCUT2D eigenvalue weighted by atomic mass is 35.5. The van der Waals surface area contributed by atoms with Crippen LogP contribution in [0.1, 0.15) is 33.3 Å². The monoisotopic (exact) mass is 548 g/mol. The molecule has 2 aromatic heterocycles. The van der Waals surface area contributed by atoms with Gasteiger partial charge in [0.1, 0.15) is 5.58 Å². The fraction of sp³-hybridized carbons (Fsp3) is 0.107. The smallest absolute Gasteiger partial charge is 0.296 e. The molecule has 1 aliphatic rings. The van der Waals surface area contributed by atoms with E-state index >= 15 is 0 Å². The molecule has 5 aromatic rings. The van der Waals surface area contributed by atoms with Crippen molar-refractivity contribution in [2.24, 2.45) is 0 Å². The first-order chi connectivity index (χ1) is 17.7. The van der Waals surface area contributed by atoms with Crippen molar-refractivity contribution in [3.05, 3.63) is 104 Å². The number of ketones is 1. The number of aliphatic hydroxyl groups excluding tert-OH is 1. The van der Waals surface area contributed by atoms with Crippen molar-refractivity contribution in [2.45, 2.75) is 19.9 Å². The number of fused-ring (bicyclic) bond motifs is 2. The molecule has 0 spiro atoms. The summed E-state index contributed by atoms with van der Waals surface area (Å²) < 4.78 is 6.68. The predicted molar refractivity (Wildman–Crippen MR) is 146 cm³/mol. The Kier molecular flexibility index (Phi) is 5.60. The van der Waals surface area contributed by atoms with E-state index in [-0.39, 0.29) is 16.4 Å². The molecular formula is C28H18Cl2N2O4S. The van der Waals surface area contributed by atoms with E-state index in [1.54, 1.807) is 36.4 Å². The number of halogens is 2. The summed E-state index contributed by atoms with van der Waals surface area (Å²) in [5.41, 5.74) is 3.69. The molecule has 0 bridgehead atoms. The molecule has 37 heavy (non-hydrogen) atoms. The topological polar surface area (TPSA) is 83.6 Å². The van der Waals surface area contributed by atoms with E-state index in [0.29, 0.717) is 21.3 Å². The average Bonchev–Trinajstić information content (AvgIpc) is 3.55. The van der Waals surface area contributed by atoms with Crippen molar-refractivity contribution in [1.29, 1.82) is 0 Å². The summed E-state index contributed by atoms with van der Waals surface area (Å²) in [5.74, 6) is -1.98. The quantitative estimate of drug-likeness (QED) is 0.232. The van der Waals surface area contributed by atoms with Gasteiger partial charge in [-0.05, 0) is 60.9 Å². The minimum atomic E-state index is -0.995. The van der Waals surface area contributed by atoms with E-state index in [4.69, 9.17) is 32.6 Å². The van der Waals surface area contributed by atoms with Crippen LogP contribution in [-0.4, -0.2) is 21.8 Å². The number of carbonyl (C=O) groups is 2. The lowest BCUT2D eigenvalue weighted by molar-refractivity contribution is -0.117. The fourth-order valence-corrected chi connectivity index (χ4v) is 6.20. The van der Waals surface area contributed by atoms with Crippen molar-refractivity contribution < 1.29 is 19.1 Å². The molecule has 0 aliphatic carbocycles. The molecule has 3 aromatic carbocycles. The first-order valence-electron chi connectivity index (χ1n) is 11.4. The Balaban J connectivity index is 1.54. The summed E-state index contributed by atoms with van der Waals surface area (Å²) in [4.78, 5) is 33.4. The molecule has 6 rings (SSSR count). The molecular weight excluding hydrogens is 531 g/mol. The number of benzene rings is 3. The molecule has 1 atom stereocenters. The van der Waals surface area contributed by atoms with Crippen LogP contribution in [-0.2, 0) is 4.79 Å². The number of nitrogens with zero attached hydrogens (tertiary/aromatic N) is 2. The Morgan fingerprint density at radius 2 is 1.84 bits per heavy atom. The van der Waals surface area contributed by atoms with Crippen LogP contribution in [0.15, 0.2) is 76.4 Å². The zero-order chi connectivity index (χ0) is 26.0. The maximum absolute atomic E-state index is 13.8. The second-order valence-electron chi connectivity index (χ2n) is 8.92. The van der Waals surface area contributed by atoms with E-state index in [2.05, 4.69) is 0 Å². The number of rotatable bonds is 4. The second-order valence-corrected chi connectivity index (χ2v) is 10.7. The van der Waals surface area contributed by atoms with Crippen LogP contribution in [0.25, 0.3) is 21.2 Å². The number of hydrogen-bond donors (Lipinski definition) is 1. The third kappa shape index (κ3) is 3.82. The molecule has 1 aliphatic heterocycles. The Hall–Kier alpha value is -3.65. The van der Waals surface area contributed by atoms with Gasteiger partial charge in [-0.1, -0.05) is 64.9 Å². The number of furan rings is 1. The zero-order valence-electron chi connectivity index (χ0n) is 19.6. The van der Waals surface area contributed by atoms with Gasteiger partial charge in [-0.15, -0.1) is 0 Å². The van der Waals surface area contributed by atoms with Crippen LogP contribution >= 0.6 is 34.5 Å². The molecule has 1 amide bonds. The number of amides is 1. The number of carbonyl (C=O) groups excluding carboxylic acids is 2. The lowest BCUT2D eigenvalue weighted by Gasteiger charge is -2.24. The summed E-state index contributed by atoms with van der Waals surface area (Å²) in [6.45, 7) is 3.94. The number of Topliss-reactive ketones (excluding diaryl/α,β-unsaturated/α-hetero) is 1. The molecule has 0 saturated carbocycles. The Morgan fingerprint density at radius 1 is 1.05 bits per heavy atom. The van der Waals surface area contributed by atoms with Crippen molar-refractivity contribution in [3.63, 3.8) is 0 Å². The highest BCUT2D eigenvalue weighted by Crippen LogP contribution is 2.45. The van der Waals surface area contributed by atoms with Crippen molar-refractivity contribution in [2.75, 3.05) is 4.90 Å². The van der Waals surface area contributed by atoms with Gasteiger partial charge < -0.3 is 9.52 Å². The number of hydrogen-bond acceptors (Lipinski definition) is 6. The van der Waals surface area contributed by atoms with E-state index in [1.807, 2.05) is 38.1 Å². The summed E-state index contributed by atoms with van der Waals surface area (Å²) in [5, 5.41) is 12.7. The second kappa shape index (κ2) is 8.73. The third-order valence-corrected chi connectivity index (χ3v) is 8.13. The number of anilines is 1. The standard InChI is InChI=1S/C28H18Cl2N2O4S/c1-13-9-14(2)23-21(10-13)37-28(31-23)32-24(16-7-8-17(29)18(30)11-16)22(26(34)27(32)35)25(33)20-12-15-5-3-4-6-19(15)36-20/h3-12,24,34H,1-2H3/t24-/m0/s1. The number of aryl methyl sites for hydroxylation is 2. The molecule has 0 unspecified atom stereocenters. The highest BCUT2D eigenvalue weighted by Gasteiger charge is 2.46. The SMILES string of the molecule is Cc1cc(C)c2nc(N3C(=O)C(O)=C(C(=O)c4cc5ccccc5o4)[C@@H]3c3ccc(Cl)c(Cl)c3)sc2c1. The summed E-state index contributed by atoms with van der Waals surface area (Å²) in [6.07, 6.45) is 0. The predicted octanol–water partition coefficient (Wildman–Crippen LogP) is 7.75. The van der Waals surface area contributed by atoms with Gasteiger partial charge in [0.05, 0.1) is 31.9 Å². The molecule has 0 fully saturated rings. The van der Waals surface area contributed by atoms with Gasteiger partial charge in [-0.2, -0.15) is 0 Å². The Labute approximate surface area is 225 Å². The minimum Gasteiger partial charge on any atom is -0.503 e. The van der Waals surface area contributed by atoms with Gasteiger partial charge >= 0.3 is 0 Å². The maximum atomic E-state index is 13.8. The molecule has 6 nitrogen and oxygen atoms in total. The van der Waals surface area contributed by atoms with Crippen LogP contribution < -0.4 is 4.90 Å². The van der Waals surface area contributed by atoms with Crippen molar-refractivity contribution in [1.82, 2.24) is 4.98 Å². The third-order valence-electron chi connectivity index (χ3n) is 6.39. The first-order valence-corrected chi connectivity index (χ1v) is 12.9. The van der Waals surface area contributed by atoms with Crippen LogP contribution in [0.4, 0.5) is 5.13 Å². The maximum Gasteiger partial charge on any atom is 0.296 e. The van der Waals surface area contributed by atoms with Crippen LogP contribution in [0, 0.1) is 13.8 Å². The van der Waals surface area contributed by atoms with Crippen molar-refractivity contribution in [3.8, 4) is 0 Å². The number of para-hydroxylation sites is 1. The Morgan fingerprint density at radius 3 is 2.59 bits per heavy atom. The molecule has 3 heterocycles. The summed E-state index contributed by atoms with van der Waals surface area (Å²) in [7, 11) is 0. The van der Waals surface area contributed by atoms with E-state index < -0.39 is 23.5 Å². The van der Waals surface area contributed by atoms with Gasteiger partial charge in [0.15, 0.2) is 16.7 Å². The minimum absolute atomic E-state index is 0.0122. The van der Waals surface area contributed by atoms with Gasteiger partial charge in [0.2, 0.25) is 5.78 Å². The van der Waals surface area contributed by atoms with Crippen molar-refractivity contribution >= 4 is 72.5 Å². The molecule has 0 radical (unpaired) electrons. The largest absolute Gasteiger partial charge is 0.503 e. The zero-order valence-corrected chi connectivity index (χ0v) is 21.9. The van der Waals surface area contributed by atoms with E-state index in [1.165, 1.54) is 16.2 Å². The number of thiazole rings is 1. The Bertz CT molecular complexity index is 1770. The molecule has 9 heteroatoms. The number of aliphatic hydroxyl groups is 1. The van der Waals surface area contributed by atoms with E-state index in [0.717, 1.165) is 26.7 Å². The number of aromatic nitrogens is 1. The summed E-state index contributed by atoms with van der Waals surface area (Å²) in [6, 6.07) is 16.6. The van der Waals surface area contributed by atoms with Crippen LogP contribution in [0.2, 0.25) is 10.0 Å². The molecule has 1 N–H and O–H groups in total.